The molecule has 0 saturated heterocycles. The summed E-state index contributed by atoms with van der Waals surface area (Å²) in [5, 5.41) is 0. The molecule has 188 valence electrons. The maximum absolute atomic E-state index is 14.3. The number of carbonyl (C=O) groups excluding carboxylic acids is 1. The van der Waals surface area contributed by atoms with Crippen LogP contribution in [0.1, 0.15) is 84.5 Å². The highest BCUT2D eigenvalue weighted by atomic mass is 19.1. The number of hydrogen-bond donors (Lipinski definition) is 0. The van der Waals surface area contributed by atoms with Crippen molar-refractivity contribution in [1.82, 2.24) is 0 Å². The smallest absolute Gasteiger partial charge is 0.314 e. The molecule has 1 aromatic rings. The molecule has 4 unspecified atom stereocenters. The average molecular weight is 475 g/mol. The van der Waals surface area contributed by atoms with Crippen LogP contribution in [0.3, 0.4) is 0 Å². The maximum Gasteiger partial charge on any atom is 0.314 e. The Morgan fingerprint density at radius 1 is 0.912 bits per heavy atom. The lowest BCUT2D eigenvalue weighted by molar-refractivity contribution is -0.140. The molecule has 0 spiro atoms. The summed E-state index contributed by atoms with van der Waals surface area (Å²) in [7, 11) is 0. The van der Waals surface area contributed by atoms with E-state index >= 15 is 0 Å². The molecule has 3 aliphatic carbocycles. The van der Waals surface area contributed by atoms with Crippen LogP contribution in [0.2, 0.25) is 0 Å². The van der Waals surface area contributed by atoms with Gasteiger partial charge in [0.15, 0.2) is 17.4 Å². The van der Waals surface area contributed by atoms with Gasteiger partial charge in [-0.2, -0.15) is 0 Å². The second kappa shape index (κ2) is 11.7. The number of hydrogen-bond acceptors (Lipinski definition) is 3. The van der Waals surface area contributed by atoms with Crippen LogP contribution in [-0.4, -0.2) is 12.6 Å². The third-order valence-corrected chi connectivity index (χ3v) is 8.86. The van der Waals surface area contributed by atoms with E-state index in [1.165, 1.54) is 44.9 Å². The van der Waals surface area contributed by atoms with E-state index in [9.17, 15) is 13.6 Å². The van der Waals surface area contributed by atoms with Gasteiger partial charge in [-0.25, -0.2) is 8.78 Å². The van der Waals surface area contributed by atoms with E-state index in [0.717, 1.165) is 61.5 Å². The Labute approximate surface area is 203 Å². The predicted octanol–water partition coefficient (Wildman–Crippen LogP) is 7.87. The molecule has 3 nitrogen and oxygen atoms in total. The minimum atomic E-state index is -0.861. The second-order valence-electron chi connectivity index (χ2n) is 10.8. The van der Waals surface area contributed by atoms with Crippen LogP contribution in [0.25, 0.3) is 0 Å². The highest BCUT2D eigenvalue weighted by Crippen LogP contribution is 2.49. The van der Waals surface area contributed by atoms with Crippen molar-refractivity contribution in [2.45, 2.75) is 84.5 Å². The molecule has 3 aliphatic rings. The molecule has 0 aromatic heterocycles. The zero-order valence-corrected chi connectivity index (χ0v) is 20.7. The average Bonchev–Trinajstić information content (AvgIpc) is 2.85. The lowest BCUT2D eigenvalue weighted by Crippen LogP contribution is -2.35. The molecule has 0 N–H and O–H groups in total. The van der Waals surface area contributed by atoms with Crippen molar-refractivity contribution >= 4 is 5.97 Å². The van der Waals surface area contributed by atoms with Crippen molar-refractivity contribution in [2.75, 3.05) is 6.61 Å². The summed E-state index contributed by atoms with van der Waals surface area (Å²) in [6.45, 7) is 4.21. The molecule has 4 rings (SSSR count). The van der Waals surface area contributed by atoms with Gasteiger partial charge in [0, 0.05) is 12.1 Å². The fourth-order valence-electron chi connectivity index (χ4n) is 6.81. The molecule has 0 aliphatic heterocycles. The molecular weight excluding hydrogens is 434 g/mol. The molecule has 3 saturated carbocycles. The summed E-state index contributed by atoms with van der Waals surface area (Å²) in [5.41, 5.74) is 0. The number of benzene rings is 1. The van der Waals surface area contributed by atoms with E-state index in [-0.39, 0.29) is 24.2 Å². The minimum absolute atomic E-state index is 0.0777. The molecule has 3 fully saturated rings. The highest BCUT2D eigenvalue weighted by molar-refractivity contribution is 5.75. The fraction of sp³-hybridized carbons (Fsp3) is 0.690. The van der Waals surface area contributed by atoms with Crippen molar-refractivity contribution in [3.05, 3.63) is 35.9 Å². The monoisotopic (exact) mass is 474 g/mol. The van der Waals surface area contributed by atoms with Gasteiger partial charge in [0.25, 0.3) is 0 Å². The van der Waals surface area contributed by atoms with Gasteiger partial charge in [-0.15, -0.1) is 0 Å². The zero-order chi connectivity index (χ0) is 24.1. The van der Waals surface area contributed by atoms with Gasteiger partial charge < -0.3 is 9.47 Å². The molecule has 4 atom stereocenters. The molecule has 0 radical (unpaired) electrons. The van der Waals surface area contributed by atoms with E-state index in [1.807, 2.05) is 0 Å². The SMILES string of the molecule is C/C=C/COc1c(F)cc(OC(=O)C2CCC(C3CCC4CC(CC)CCC4C3)CC2)cc1F. The van der Waals surface area contributed by atoms with Crippen LogP contribution < -0.4 is 9.47 Å². The topological polar surface area (TPSA) is 35.5 Å². The molecule has 0 amide bonds. The van der Waals surface area contributed by atoms with Crippen LogP contribution >= 0.6 is 0 Å². The van der Waals surface area contributed by atoms with Crippen molar-refractivity contribution in [2.24, 2.45) is 35.5 Å². The van der Waals surface area contributed by atoms with Gasteiger partial charge in [0.2, 0.25) is 0 Å². The molecule has 0 bridgehead atoms. The van der Waals surface area contributed by atoms with Crippen molar-refractivity contribution < 1.29 is 23.0 Å². The van der Waals surface area contributed by atoms with Gasteiger partial charge in [-0.3, -0.25) is 4.79 Å². The number of esters is 1. The largest absolute Gasteiger partial charge is 0.483 e. The number of ether oxygens (including phenoxy) is 2. The summed E-state index contributed by atoms with van der Waals surface area (Å²) in [6, 6.07) is 2.06. The van der Waals surface area contributed by atoms with E-state index in [1.54, 1.807) is 19.1 Å². The molecular formula is C29H40F2O3. The lowest BCUT2D eigenvalue weighted by atomic mass is 9.61. The molecule has 1 aromatic carbocycles. The van der Waals surface area contributed by atoms with Gasteiger partial charge in [0.05, 0.1) is 5.92 Å². The Balaban J connectivity index is 1.26. The van der Waals surface area contributed by atoms with Crippen molar-refractivity contribution in [3.8, 4) is 11.5 Å². The first-order valence-electron chi connectivity index (χ1n) is 13.4. The molecule has 5 heteroatoms. The van der Waals surface area contributed by atoms with Crippen LogP contribution in [0.5, 0.6) is 11.5 Å². The first-order valence-corrected chi connectivity index (χ1v) is 13.4. The van der Waals surface area contributed by atoms with Gasteiger partial charge in [0.1, 0.15) is 12.4 Å². The highest BCUT2D eigenvalue weighted by Gasteiger charge is 2.39. The van der Waals surface area contributed by atoms with Gasteiger partial charge >= 0.3 is 5.97 Å². The summed E-state index contributed by atoms with van der Waals surface area (Å²) >= 11 is 0. The normalized spacial score (nSPS) is 31.8. The third kappa shape index (κ3) is 6.01. The number of rotatable bonds is 7. The number of allylic oxidation sites excluding steroid dienone is 1. The van der Waals surface area contributed by atoms with Crippen molar-refractivity contribution in [3.63, 3.8) is 0 Å². The summed E-state index contributed by atoms with van der Waals surface area (Å²) in [4.78, 5) is 12.7. The number of fused-ring (bicyclic) bond motifs is 1. The fourth-order valence-corrected chi connectivity index (χ4v) is 6.81. The van der Waals surface area contributed by atoms with Crippen LogP contribution in [-0.2, 0) is 4.79 Å². The number of carbonyl (C=O) groups is 1. The Hall–Kier alpha value is -1.91. The van der Waals surface area contributed by atoms with Crippen LogP contribution in [0, 0.1) is 47.1 Å². The number of halogens is 2. The quantitative estimate of drug-likeness (QED) is 0.229. The second-order valence-corrected chi connectivity index (χ2v) is 10.8. The minimum Gasteiger partial charge on any atom is -0.483 e. The summed E-state index contributed by atoms with van der Waals surface area (Å²) in [6.07, 6.45) is 16.8. The lowest BCUT2D eigenvalue weighted by Gasteiger charge is -2.45. The predicted molar refractivity (Wildman–Crippen MR) is 130 cm³/mol. The van der Waals surface area contributed by atoms with Gasteiger partial charge in [-0.05, 0) is 94.3 Å². The standard InChI is InChI=1S/C29H40F2O3/c1-3-5-14-33-28-26(30)17-25(18-27(28)31)34-29(32)21-10-8-20(9-11-21)23-13-12-22-15-19(4-2)6-7-24(22)16-23/h3,5,17-24H,4,6-16H2,1-2H3/b5-3+. The maximum atomic E-state index is 14.3. The van der Waals surface area contributed by atoms with Crippen LogP contribution in [0.4, 0.5) is 8.78 Å². The van der Waals surface area contributed by atoms with Crippen LogP contribution in [0.15, 0.2) is 24.3 Å². The Kier molecular flexibility index (Phi) is 8.65. The van der Waals surface area contributed by atoms with E-state index in [2.05, 4.69) is 6.92 Å². The van der Waals surface area contributed by atoms with E-state index < -0.39 is 17.4 Å². The molecule has 0 heterocycles. The summed E-state index contributed by atoms with van der Waals surface area (Å²) in [5.74, 6) is 1.49. The third-order valence-electron chi connectivity index (χ3n) is 8.86. The first kappa shape index (κ1) is 25.2. The van der Waals surface area contributed by atoms with Gasteiger partial charge in [-0.1, -0.05) is 31.9 Å². The van der Waals surface area contributed by atoms with E-state index in [0.29, 0.717) is 5.92 Å². The van der Waals surface area contributed by atoms with Crippen molar-refractivity contribution in [1.29, 1.82) is 0 Å². The van der Waals surface area contributed by atoms with E-state index in [4.69, 9.17) is 9.47 Å². The zero-order valence-electron chi connectivity index (χ0n) is 20.7. The summed E-state index contributed by atoms with van der Waals surface area (Å²) < 4.78 is 39.0. The Morgan fingerprint density at radius 3 is 2.15 bits per heavy atom. The first-order chi connectivity index (χ1) is 16.5. The Bertz CT molecular complexity index is 836. The molecule has 34 heavy (non-hydrogen) atoms. The Morgan fingerprint density at radius 2 is 1.50 bits per heavy atom.